The lowest BCUT2D eigenvalue weighted by Gasteiger charge is -2.12. The van der Waals surface area contributed by atoms with Gasteiger partial charge in [0.2, 0.25) is 0 Å². The van der Waals surface area contributed by atoms with Crippen LogP contribution in [0.1, 0.15) is 36.1 Å². The van der Waals surface area contributed by atoms with E-state index in [2.05, 4.69) is 48.6 Å². The Bertz CT molecular complexity index is 589. The molecule has 0 radical (unpaired) electrons. The molecule has 0 saturated carbocycles. The molecule has 0 amide bonds. The van der Waals surface area contributed by atoms with Crippen LogP contribution < -0.4 is 10.1 Å². The monoisotopic (exact) mass is 267 g/mol. The molecular formula is C18H21NO. The van der Waals surface area contributed by atoms with Gasteiger partial charge in [-0.3, -0.25) is 0 Å². The van der Waals surface area contributed by atoms with Gasteiger partial charge in [0.1, 0.15) is 5.75 Å². The van der Waals surface area contributed by atoms with Crippen LogP contribution in [-0.4, -0.2) is 7.11 Å². The molecule has 1 N–H and O–H groups in total. The largest absolute Gasteiger partial charge is 0.497 e. The van der Waals surface area contributed by atoms with Crippen LogP contribution in [0.5, 0.6) is 5.75 Å². The maximum absolute atomic E-state index is 5.30. The summed E-state index contributed by atoms with van der Waals surface area (Å²) >= 11 is 0. The summed E-state index contributed by atoms with van der Waals surface area (Å²) in [5.74, 6) is 0.935. The minimum Gasteiger partial charge on any atom is -0.497 e. The van der Waals surface area contributed by atoms with Crippen molar-refractivity contribution in [1.82, 2.24) is 0 Å². The molecule has 0 aliphatic carbocycles. The first kappa shape index (κ1) is 13.0. The fourth-order valence-electron chi connectivity index (χ4n) is 2.87. The Morgan fingerprint density at radius 3 is 2.65 bits per heavy atom. The molecule has 0 saturated heterocycles. The predicted octanol–water partition coefficient (Wildman–Crippen LogP) is 4.36. The third-order valence-corrected chi connectivity index (χ3v) is 3.99. The van der Waals surface area contributed by atoms with Gasteiger partial charge in [0.15, 0.2) is 0 Å². The van der Waals surface area contributed by atoms with Gasteiger partial charge in [-0.1, -0.05) is 37.6 Å². The Kier molecular flexibility index (Phi) is 3.64. The lowest BCUT2D eigenvalue weighted by Crippen LogP contribution is -2.05. The van der Waals surface area contributed by atoms with Crippen LogP contribution in [0.25, 0.3) is 0 Å². The zero-order chi connectivity index (χ0) is 13.9. The number of methoxy groups -OCH3 is 1. The second kappa shape index (κ2) is 5.58. The van der Waals surface area contributed by atoms with Gasteiger partial charge < -0.3 is 10.1 Å². The van der Waals surface area contributed by atoms with E-state index in [1.807, 2.05) is 6.07 Å². The molecular weight excluding hydrogens is 246 g/mol. The van der Waals surface area contributed by atoms with Crippen LogP contribution in [0.3, 0.4) is 0 Å². The lowest BCUT2D eigenvalue weighted by atomic mass is 10.0. The molecule has 0 spiro atoms. The molecule has 2 aromatic carbocycles. The van der Waals surface area contributed by atoms with E-state index in [1.54, 1.807) is 7.11 Å². The molecule has 104 valence electrons. The molecule has 3 rings (SSSR count). The summed E-state index contributed by atoms with van der Waals surface area (Å²) in [6, 6.07) is 15.7. The molecule has 0 bridgehead atoms. The molecule has 2 aromatic rings. The quantitative estimate of drug-likeness (QED) is 0.888. The molecule has 1 heterocycles. The number of rotatable bonds is 4. The molecule has 1 unspecified atom stereocenters. The normalized spacial score (nSPS) is 16.6. The van der Waals surface area contributed by atoms with Crippen LogP contribution in [0, 0.1) is 0 Å². The highest BCUT2D eigenvalue weighted by atomic mass is 16.5. The second-order valence-corrected chi connectivity index (χ2v) is 5.42. The van der Waals surface area contributed by atoms with Crippen LogP contribution in [0.15, 0.2) is 42.5 Å². The van der Waals surface area contributed by atoms with Gasteiger partial charge >= 0.3 is 0 Å². The van der Waals surface area contributed by atoms with E-state index in [0.717, 1.165) is 18.6 Å². The van der Waals surface area contributed by atoms with Crippen molar-refractivity contribution in [2.45, 2.75) is 32.2 Å². The van der Waals surface area contributed by atoms with Crippen molar-refractivity contribution in [2.75, 3.05) is 12.4 Å². The Balaban J connectivity index is 1.77. The van der Waals surface area contributed by atoms with Gasteiger partial charge in [-0.2, -0.15) is 0 Å². The van der Waals surface area contributed by atoms with Gasteiger partial charge in [-0.15, -0.1) is 0 Å². The highest BCUT2D eigenvalue weighted by Gasteiger charge is 2.22. The lowest BCUT2D eigenvalue weighted by molar-refractivity contribution is 0.414. The Morgan fingerprint density at radius 2 is 1.95 bits per heavy atom. The first-order chi connectivity index (χ1) is 9.80. The molecule has 20 heavy (non-hydrogen) atoms. The van der Waals surface area contributed by atoms with Crippen LogP contribution in [0.2, 0.25) is 0 Å². The summed E-state index contributed by atoms with van der Waals surface area (Å²) in [6.07, 6.45) is 3.39. The standard InChI is InChI=1S/C18H21NO/c1-3-4-13-5-7-14(8-6-13)18-12-15-11-16(20-2)9-10-17(15)19-18/h5-11,18-19H,3-4,12H2,1-2H3. The van der Waals surface area contributed by atoms with Gasteiger partial charge in [0.05, 0.1) is 13.2 Å². The van der Waals surface area contributed by atoms with Crippen molar-refractivity contribution in [3.8, 4) is 5.75 Å². The number of ether oxygens (including phenoxy) is 1. The summed E-state index contributed by atoms with van der Waals surface area (Å²) < 4.78 is 5.30. The number of aryl methyl sites for hydroxylation is 1. The van der Waals surface area contributed by atoms with Crippen molar-refractivity contribution in [3.63, 3.8) is 0 Å². The van der Waals surface area contributed by atoms with Gasteiger partial charge in [0, 0.05) is 5.69 Å². The zero-order valence-electron chi connectivity index (χ0n) is 12.1. The predicted molar refractivity (Wildman–Crippen MR) is 83.5 cm³/mol. The number of fused-ring (bicyclic) bond motifs is 1. The smallest absolute Gasteiger partial charge is 0.119 e. The third-order valence-electron chi connectivity index (χ3n) is 3.99. The Hall–Kier alpha value is -1.96. The third kappa shape index (κ3) is 2.51. The van der Waals surface area contributed by atoms with E-state index in [0.29, 0.717) is 6.04 Å². The van der Waals surface area contributed by atoms with Crippen molar-refractivity contribution in [1.29, 1.82) is 0 Å². The maximum Gasteiger partial charge on any atom is 0.119 e. The number of hydrogen-bond donors (Lipinski definition) is 1. The minimum absolute atomic E-state index is 0.382. The number of benzene rings is 2. The summed E-state index contributed by atoms with van der Waals surface area (Å²) in [6.45, 7) is 2.22. The highest BCUT2D eigenvalue weighted by Crippen LogP contribution is 2.36. The highest BCUT2D eigenvalue weighted by molar-refractivity contribution is 5.60. The Morgan fingerprint density at radius 1 is 1.15 bits per heavy atom. The maximum atomic E-state index is 5.30. The topological polar surface area (TPSA) is 21.3 Å². The van der Waals surface area contributed by atoms with Crippen LogP contribution >= 0.6 is 0 Å². The molecule has 2 heteroatoms. The summed E-state index contributed by atoms with van der Waals surface area (Å²) in [7, 11) is 1.72. The second-order valence-electron chi connectivity index (χ2n) is 5.42. The fraction of sp³-hybridized carbons (Fsp3) is 0.333. The molecule has 0 aromatic heterocycles. The summed E-state index contributed by atoms with van der Waals surface area (Å²) in [5, 5.41) is 3.60. The molecule has 1 aliphatic heterocycles. The van der Waals surface area contributed by atoms with Gasteiger partial charge in [-0.05, 0) is 47.7 Å². The zero-order valence-corrected chi connectivity index (χ0v) is 12.1. The van der Waals surface area contributed by atoms with E-state index in [-0.39, 0.29) is 0 Å². The van der Waals surface area contributed by atoms with Crippen molar-refractivity contribution in [2.24, 2.45) is 0 Å². The van der Waals surface area contributed by atoms with Crippen molar-refractivity contribution in [3.05, 3.63) is 59.2 Å². The van der Waals surface area contributed by atoms with E-state index in [9.17, 15) is 0 Å². The summed E-state index contributed by atoms with van der Waals surface area (Å²) in [5.41, 5.74) is 5.36. The number of nitrogens with one attached hydrogen (secondary N) is 1. The SMILES string of the molecule is CCCc1ccc(C2Cc3cc(OC)ccc3N2)cc1. The van der Waals surface area contributed by atoms with Crippen LogP contribution in [0.4, 0.5) is 5.69 Å². The van der Waals surface area contributed by atoms with Gasteiger partial charge in [0.25, 0.3) is 0 Å². The number of anilines is 1. The average Bonchev–Trinajstić information content (AvgIpc) is 2.91. The van der Waals surface area contributed by atoms with Gasteiger partial charge in [-0.25, -0.2) is 0 Å². The number of hydrogen-bond acceptors (Lipinski definition) is 2. The molecule has 1 atom stereocenters. The fourth-order valence-corrected chi connectivity index (χ4v) is 2.87. The van der Waals surface area contributed by atoms with Crippen LogP contribution in [-0.2, 0) is 12.8 Å². The first-order valence-electron chi connectivity index (χ1n) is 7.32. The first-order valence-corrected chi connectivity index (χ1v) is 7.32. The van der Waals surface area contributed by atoms with E-state index in [4.69, 9.17) is 4.74 Å². The Labute approximate surface area is 120 Å². The minimum atomic E-state index is 0.382. The van der Waals surface area contributed by atoms with E-state index in [1.165, 1.54) is 28.8 Å². The van der Waals surface area contributed by atoms with E-state index >= 15 is 0 Å². The summed E-state index contributed by atoms with van der Waals surface area (Å²) in [4.78, 5) is 0. The van der Waals surface area contributed by atoms with E-state index < -0.39 is 0 Å². The van der Waals surface area contributed by atoms with Crippen molar-refractivity contribution >= 4 is 5.69 Å². The average molecular weight is 267 g/mol. The molecule has 2 nitrogen and oxygen atoms in total. The van der Waals surface area contributed by atoms with Crippen molar-refractivity contribution < 1.29 is 4.74 Å². The molecule has 0 fully saturated rings. The molecule has 1 aliphatic rings.